The molecule has 0 saturated carbocycles. The molecule has 0 fully saturated rings. The highest BCUT2D eigenvalue weighted by atomic mass is 79.9. The SMILES string of the molecule is C=Cc1onc(CBr)c1C=C. The maximum atomic E-state index is 4.96. The van der Waals surface area contributed by atoms with Gasteiger partial charge in [-0.3, -0.25) is 0 Å². The van der Waals surface area contributed by atoms with Gasteiger partial charge < -0.3 is 4.52 Å². The lowest BCUT2D eigenvalue weighted by atomic mass is 10.2. The highest BCUT2D eigenvalue weighted by Gasteiger charge is 2.08. The molecular weight excluding hydrogens is 206 g/mol. The van der Waals surface area contributed by atoms with E-state index in [1.807, 2.05) is 0 Å². The van der Waals surface area contributed by atoms with Crippen molar-refractivity contribution in [2.75, 3.05) is 0 Å². The van der Waals surface area contributed by atoms with E-state index in [2.05, 4.69) is 34.2 Å². The minimum absolute atomic E-state index is 0.672. The first kappa shape index (κ1) is 8.27. The second-order valence-electron chi connectivity index (χ2n) is 1.95. The number of hydrogen-bond donors (Lipinski definition) is 0. The van der Waals surface area contributed by atoms with Crippen LogP contribution in [0.5, 0.6) is 0 Å². The molecule has 1 aromatic heterocycles. The highest BCUT2D eigenvalue weighted by molar-refractivity contribution is 9.08. The molecule has 0 aromatic carbocycles. The summed E-state index contributed by atoms with van der Waals surface area (Å²) in [7, 11) is 0. The summed E-state index contributed by atoms with van der Waals surface area (Å²) in [5, 5.41) is 4.48. The molecule has 0 atom stereocenters. The van der Waals surface area contributed by atoms with Crippen molar-refractivity contribution in [3.8, 4) is 0 Å². The number of nitrogens with zero attached hydrogens (tertiary/aromatic N) is 1. The molecule has 1 rings (SSSR count). The highest BCUT2D eigenvalue weighted by Crippen LogP contribution is 2.18. The van der Waals surface area contributed by atoms with E-state index in [0.717, 1.165) is 11.3 Å². The Morgan fingerprint density at radius 2 is 2.18 bits per heavy atom. The predicted molar refractivity (Wildman–Crippen MR) is 49.3 cm³/mol. The first-order chi connectivity index (χ1) is 5.33. The van der Waals surface area contributed by atoms with Crippen LogP contribution in [0, 0.1) is 0 Å². The molecule has 0 aliphatic heterocycles. The molecule has 1 heterocycles. The average Bonchev–Trinajstić information content (AvgIpc) is 2.45. The second-order valence-corrected chi connectivity index (χ2v) is 2.51. The van der Waals surface area contributed by atoms with Gasteiger partial charge >= 0.3 is 0 Å². The van der Waals surface area contributed by atoms with Crippen molar-refractivity contribution in [2.24, 2.45) is 0 Å². The largest absolute Gasteiger partial charge is 0.356 e. The van der Waals surface area contributed by atoms with Gasteiger partial charge in [0.25, 0.3) is 0 Å². The van der Waals surface area contributed by atoms with Crippen molar-refractivity contribution in [3.63, 3.8) is 0 Å². The minimum atomic E-state index is 0.672. The number of halogens is 1. The summed E-state index contributed by atoms with van der Waals surface area (Å²) in [4.78, 5) is 0. The van der Waals surface area contributed by atoms with Gasteiger partial charge in [0.15, 0.2) is 5.76 Å². The zero-order chi connectivity index (χ0) is 8.27. The van der Waals surface area contributed by atoms with Crippen LogP contribution in [0.4, 0.5) is 0 Å². The van der Waals surface area contributed by atoms with Gasteiger partial charge in [0, 0.05) is 10.9 Å². The van der Waals surface area contributed by atoms with Crippen LogP contribution in [0.25, 0.3) is 12.2 Å². The van der Waals surface area contributed by atoms with Crippen LogP contribution in [0.15, 0.2) is 17.7 Å². The second kappa shape index (κ2) is 3.53. The van der Waals surface area contributed by atoms with Crippen molar-refractivity contribution in [1.82, 2.24) is 5.16 Å². The standard InChI is InChI=1S/C8H8BrNO/c1-3-6-7(5-9)10-11-8(6)4-2/h3-4H,1-2,5H2. The van der Waals surface area contributed by atoms with E-state index < -0.39 is 0 Å². The summed E-state index contributed by atoms with van der Waals surface area (Å²) in [5.41, 5.74) is 1.77. The zero-order valence-corrected chi connectivity index (χ0v) is 7.60. The topological polar surface area (TPSA) is 26.0 Å². The van der Waals surface area contributed by atoms with Crippen LogP contribution in [-0.2, 0) is 5.33 Å². The predicted octanol–water partition coefficient (Wildman–Crippen LogP) is 2.86. The minimum Gasteiger partial charge on any atom is -0.356 e. The molecule has 0 saturated heterocycles. The molecule has 0 unspecified atom stereocenters. The van der Waals surface area contributed by atoms with Gasteiger partial charge in [-0.15, -0.1) is 0 Å². The van der Waals surface area contributed by atoms with Crippen LogP contribution < -0.4 is 0 Å². The monoisotopic (exact) mass is 213 g/mol. The van der Waals surface area contributed by atoms with E-state index in [1.165, 1.54) is 0 Å². The normalized spacial score (nSPS) is 9.55. The van der Waals surface area contributed by atoms with Gasteiger partial charge in [-0.05, 0) is 6.08 Å². The van der Waals surface area contributed by atoms with Crippen molar-refractivity contribution < 1.29 is 4.52 Å². The number of alkyl halides is 1. The van der Waals surface area contributed by atoms with Crippen LogP contribution in [0.3, 0.4) is 0 Å². The van der Waals surface area contributed by atoms with Crippen molar-refractivity contribution >= 4 is 28.1 Å². The third-order valence-electron chi connectivity index (χ3n) is 1.35. The number of aromatic nitrogens is 1. The van der Waals surface area contributed by atoms with Crippen LogP contribution in [0.1, 0.15) is 17.0 Å². The van der Waals surface area contributed by atoms with Crippen LogP contribution >= 0.6 is 15.9 Å². The van der Waals surface area contributed by atoms with E-state index in [0.29, 0.717) is 11.1 Å². The average molecular weight is 214 g/mol. The lowest BCUT2D eigenvalue weighted by molar-refractivity contribution is 0.407. The van der Waals surface area contributed by atoms with Crippen molar-refractivity contribution in [2.45, 2.75) is 5.33 Å². The van der Waals surface area contributed by atoms with Crippen molar-refractivity contribution in [1.29, 1.82) is 0 Å². The molecule has 0 spiro atoms. The molecule has 11 heavy (non-hydrogen) atoms. The Morgan fingerprint density at radius 3 is 2.64 bits per heavy atom. The Morgan fingerprint density at radius 1 is 1.45 bits per heavy atom. The van der Waals surface area contributed by atoms with Crippen molar-refractivity contribution in [3.05, 3.63) is 30.2 Å². The fraction of sp³-hybridized carbons (Fsp3) is 0.125. The quantitative estimate of drug-likeness (QED) is 0.723. The van der Waals surface area contributed by atoms with Gasteiger partial charge in [-0.25, -0.2) is 0 Å². The Bertz CT molecular complexity index is 278. The summed E-state index contributed by atoms with van der Waals surface area (Å²) < 4.78 is 4.96. The van der Waals surface area contributed by atoms with Gasteiger partial charge in [0.05, 0.1) is 0 Å². The smallest absolute Gasteiger partial charge is 0.166 e. The van der Waals surface area contributed by atoms with Gasteiger partial charge in [-0.2, -0.15) is 0 Å². The number of rotatable bonds is 3. The maximum absolute atomic E-state index is 4.96. The van der Waals surface area contributed by atoms with E-state index in [9.17, 15) is 0 Å². The molecule has 3 heteroatoms. The molecule has 0 aliphatic rings. The van der Waals surface area contributed by atoms with E-state index in [4.69, 9.17) is 4.52 Å². The molecule has 0 amide bonds. The van der Waals surface area contributed by atoms with Crippen LogP contribution in [0.2, 0.25) is 0 Å². The Kier molecular flexibility index (Phi) is 2.65. The van der Waals surface area contributed by atoms with E-state index in [-0.39, 0.29) is 0 Å². The van der Waals surface area contributed by atoms with Gasteiger partial charge in [0.1, 0.15) is 5.69 Å². The molecule has 0 bridgehead atoms. The molecule has 0 radical (unpaired) electrons. The molecule has 2 nitrogen and oxygen atoms in total. The Labute approximate surface area is 73.7 Å². The Hall–Kier alpha value is -0.830. The lowest BCUT2D eigenvalue weighted by Gasteiger charge is -1.87. The lowest BCUT2D eigenvalue weighted by Crippen LogP contribution is -1.79. The molecule has 0 N–H and O–H groups in total. The van der Waals surface area contributed by atoms with Crippen LogP contribution in [-0.4, -0.2) is 5.16 Å². The molecule has 1 aromatic rings. The fourth-order valence-electron chi connectivity index (χ4n) is 0.807. The fourth-order valence-corrected chi connectivity index (χ4v) is 1.21. The van der Waals surface area contributed by atoms with E-state index in [1.54, 1.807) is 12.2 Å². The van der Waals surface area contributed by atoms with Gasteiger partial charge in [-0.1, -0.05) is 40.3 Å². The summed E-state index contributed by atoms with van der Waals surface area (Å²) >= 11 is 3.29. The molecule has 0 aliphatic carbocycles. The Balaban J connectivity index is 3.18. The van der Waals surface area contributed by atoms with Gasteiger partial charge in [0.2, 0.25) is 0 Å². The third kappa shape index (κ3) is 1.43. The summed E-state index contributed by atoms with van der Waals surface area (Å²) in [6.45, 7) is 7.24. The summed E-state index contributed by atoms with van der Waals surface area (Å²) in [6, 6.07) is 0. The molecular formula is C8H8BrNO. The number of hydrogen-bond acceptors (Lipinski definition) is 2. The van der Waals surface area contributed by atoms with E-state index >= 15 is 0 Å². The molecule has 58 valence electrons. The first-order valence-electron chi connectivity index (χ1n) is 3.12. The summed E-state index contributed by atoms with van der Waals surface area (Å²) in [6.07, 6.45) is 3.33. The summed E-state index contributed by atoms with van der Waals surface area (Å²) in [5.74, 6) is 0.675. The maximum Gasteiger partial charge on any atom is 0.166 e. The first-order valence-corrected chi connectivity index (χ1v) is 4.25. The zero-order valence-electron chi connectivity index (χ0n) is 6.01. The third-order valence-corrected chi connectivity index (χ3v) is 1.88.